The summed E-state index contributed by atoms with van der Waals surface area (Å²) in [4.78, 5) is 29.4. The molecular weight excluding hydrogens is 370 g/mol. The van der Waals surface area contributed by atoms with Gasteiger partial charge >= 0.3 is 5.69 Å². The number of nitrogens with two attached hydrogens (primary N) is 1. The van der Waals surface area contributed by atoms with Crippen molar-refractivity contribution in [3.63, 3.8) is 0 Å². The first-order valence-electron chi connectivity index (χ1n) is 7.53. The summed E-state index contributed by atoms with van der Waals surface area (Å²) in [5.74, 6) is 0. The number of sulfonamides is 1. The fraction of sp³-hybridized carbons (Fsp3) is 0.500. The molecule has 0 aliphatic carbocycles. The van der Waals surface area contributed by atoms with Gasteiger partial charge in [-0.25, -0.2) is 22.9 Å². The van der Waals surface area contributed by atoms with Crippen LogP contribution in [0.25, 0.3) is 11.0 Å². The van der Waals surface area contributed by atoms with Crippen molar-refractivity contribution < 1.29 is 8.42 Å². The molecule has 4 N–H and O–H groups in total. The molecule has 0 radical (unpaired) electrons. The van der Waals surface area contributed by atoms with Crippen LogP contribution in [0.4, 0.5) is 0 Å². The number of hydrogen-bond acceptors (Lipinski definition) is 6. The molecule has 0 amide bonds. The number of hydrogen-bond donors (Lipinski definition) is 3. The molecule has 0 bridgehead atoms. The lowest BCUT2D eigenvalue weighted by molar-refractivity contribution is 0.363. The number of aromatic nitrogens is 3. The van der Waals surface area contributed by atoms with E-state index >= 15 is 0 Å². The predicted molar refractivity (Wildman–Crippen MR) is 97.5 cm³/mol. The Labute approximate surface area is 151 Å². The van der Waals surface area contributed by atoms with Gasteiger partial charge in [-0.05, 0) is 18.9 Å². The molecule has 0 aliphatic heterocycles. The van der Waals surface area contributed by atoms with E-state index < -0.39 is 26.8 Å². The average molecular weight is 392 g/mol. The van der Waals surface area contributed by atoms with Gasteiger partial charge in [-0.2, -0.15) is 0 Å². The fourth-order valence-electron chi connectivity index (χ4n) is 2.43. The normalized spacial score (nSPS) is 12.2. The summed E-state index contributed by atoms with van der Waals surface area (Å²) in [6.07, 6.45) is 2.17. The highest BCUT2D eigenvalue weighted by Crippen LogP contribution is 2.19. The molecule has 0 saturated carbocycles. The van der Waals surface area contributed by atoms with Gasteiger partial charge in [0.05, 0.1) is 5.39 Å². The lowest BCUT2D eigenvalue weighted by Gasteiger charge is -2.30. The van der Waals surface area contributed by atoms with Crippen LogP contribution in [0.2, 0.25) is 0 Å². The summed E-state index contributed by atoms with van der Waals surface area (Å²) >= 11 is 0. The van der Waals surface area contributed by atoms with E-state index in [-0.39, 0.29) is 34.9 Å². The largest absolute Gasteiger partial charge is 0.329 e. The van der Waals surface area contributed by atoms with Crippen LogP contribution in [0.5, 0.6) is 0 Å². The topological polar surface area (TPSA) is 140 Å². The first-order valence-corrected chi connectivity index (χ1v) is 9.01. The molecule has 0 atom stereocenters. The highest BCUT2D eigenvalue weighted by atomic mass is 35.5. The zero-order valence-corrected chi connectivity index (χ0v) is 15.8. The molecule has 0 fully saturated rings. The first kappa shape index (κ1) is 21.3. The van der Waals surface area contributed by atoms with Crippen LogP contribution in [0.3, 0.4) is 0 Å². The molecule has 2 rings (SSSR count). The highest BCUT2D eigenvalue weighted by Gasteiger charge is 2.31. The number of nitrogens with one attached hydrogen (secondary N) is 2. The standard InChI is InChI=1S/C14H21N5O4S.ClH/c1-4-14(5-2,8-15)18-24(22,23)9-6-10-11(16-7-9)19(3)13(21)17-12(10)20;/h6-7,18H,4-5,8,15H2,1-3H3,(H,17,20,21);1H. The van der Waals surface area contributed by atoms with E-state index in [1.165, 1.54) is 13.1 Å². The van der Waals surface area contributed by atoms with Crippen LogP contribution in [0.1, 0.15) is 26.7 Å². The highest BCUT2D eigenvalue weighted by molar-refractivity contribution is 7.89. The lowest BCUT2D eigenvalue weighted by atomic mass is 9.95. The monoisotopic (exact) mass is 391 g/mol. The third-order valence-electron chi connectivity index (χ3n) is 4.33. The zero-order valence-electron chi connectivity index (χ0n) is 14.2. The van der Waals surface area contributed by atoms with Crippen LogP contribution in [0.15, 0.2) is 26.7 Å². The minimum absolute atomic E-state index is 0. The Balaban J connectivity index is 0.00000312. The Kier molecular flexibility index (Phi) is 6.51. The number of aromatic amines is 1. The minimum atomic E-state index is -3.92. The molecular formula is C14H22ClN5O4S. The average Bonchev–Trinajstić information content (AvgIpc) is 2.57. The SMILES string of the molecule is CCC(CC)(CN)NS(=O)(=O)c1cnc2c(c1)c(=O)[nH]c(=O)n2C.Cl. The van der Waals surface area contributed by atoms with Gasteiger partial charge in [0.25, 0.3) is 5.56 Å². The molecule has 9 nitrogen and oxygen atoms in total. The Hall–Kier alpha value is -1.75. The molecule has 0 saturated heterocycles. The molecule has 0 unspecified atom stereocenters. The molecule has 11 heteroatoms. The quantitative estimate of drug-likeness (QED) is 0.625. The van der Waals surface area contributed by atoms with Crippen LogP contribution in [0, 0.1) is 0 Å². The maximum Gasteiger partial charge on any atom is 0.329 e. The molecule has 25 heavy (non-hydrogen) atoms. The number of nitrogens with zero attached hydrogens (tertiary/aromatic N) is 2. The van der Waals surface area contributed by atoms with Crippen molar-refractivity contribution in [3.8, 4) is 0 Å². The van der Waals surface area contributed by atoms with E-state index in [1.807, 2.05) is 13.8 Å². The second kappa shape index (κ2) is 7.65. The van der Waals surface area contributed by atoms with Gasteiger partial charge in [0, 0.05) is 25.3 Å². The Morgan fingerprint density at radius 1 is 1.32 bits per heavy atom. The summed E-state index contributed by atoms with van der Waals surface area (Å²) in [6.45, 7) is 3.84. The van der Waals surface area contributed by atoms with Crippen molar-refractivity contribution >= 4 is 33.5 Å². The summed E-state index contributed by atoms with van der Waals surface area (Å²) < 4.78 is 29.0. The molecule has 2 aromatic rings. The third kappa shape index (κ3) is 3.92. The van der Waals surface area contributed by atoms with Crippen LogP contribution in [-0.4, -0.2) is 35.0 Å². The van der Waals surface area contributed by atoms with Gasteiger partial charge in [0.2, 0.25) is 10.0 Å². The van der Waals surface area contributed by atoms with Crippen molar-refractivity contribution in [2.45, 2.75) is 37.1 Å². The van der Waals surface area contributed by atoms with Gasteiger partial charge in [-0.15, -0.1) is 12.4 Å². The molecule has 0 aromatic carbocycles. The van der Waals surface area contributed by atoms with E-state index in [9.17, 15) is 18.0 Å². The molecule has 0 aliphatic rings. The van der Waals surface area contributed by atoms with Crippen molar-refractivity contribution in [2.24, 2.45) is 12.8 Å². The van der Waals surface area contributed by atoms with Crippen molar-refractivity contribution in [3.05, 3.63) is 33.1 Å². The van der Waals surface area contributed by atoms with E-state index in [0.29, 0.717) is 12.8 Å². The van der Waals surface area contributed by atoms with Gasteiger partial charge in [0.15, 0.2) is 0 Å². The summed E-state index contributed by atoms with van der Waals surface area (Å²) in [6, 6.07) is 1.20. The minimum Gasteiger partial charge on any atom is -0.329 e. The Morgan fingerprint density at radius 3 is 2.44 bits per heavy atom. The molecule has 2 aromatic heterocycles. The second-order valence-electron chi connectivity index (χ2n) is 5.66. The van der Waals surface area contributed by atoms with E-state index in [4.69, 9.17) is 5.73 Å². The molecule has 140 valence electrons. The van der Waals surface area contributed by atoms with Gasteiger partial charge in [-0.1, -0.05) is 13.8 Å². The van der Waals surface area contributed by atoms with Crippen LogP contribution in [-0.2, 0) is 17.1 Å². The Morgan fingerprint density at radius 2 is 1.92 bits per heavy atom. The van der Waals surface area contributed by atoms with Crippen LogP contribution < -0.4 is 21.7 Å². The van der Waals surface area contributed by atoms with Crippen LogP contribution >= 0.6 is 12.4 Å². The summed E-state index contributed by atoms with van der Waals surface area (Å²) in [7, 11) is -2.48. The van der Waals surface area contributed by atoms with Crippen molar-refractivity contribution in [2.75, 3.05) is 6.54 Å². The number of pyridine rings is 1. The smallest absolute Gasteiger partial charge is 0.329 e. The first-order chi connectivity index (χ1) is 11.2. The maximum absolute atomic E-state index is 12.6. The van der Waals surface area contributed by atoms with Crippen molar-refractivity contribution in [1.29, 1.82) is 0 Å². The van der Waals surface area contributed by atoms with Crippen molar-refractivity contribution in [1.82, 2.24) is 19.3 Å². The number of rotatable bonds is 6. The number of halogens is 1. The number of aryl methyl sites for hydroxylation is 1. The zero-order chi connectivity index (χ0) is 18.1. The van der Waals surface area contributed by atoms with E-state index in [0.717, 1.165) is 10.8 Å². The van der Waals surface area contributed by atoms with E-state index in [2.05, 4.69) is 14.7 Å². The third-order valence-corrected chi connectivity index (χ3v) is 5.88. The van der Waals surface area contributed by atoms with E-state index in [1.54, 1.807) is 0 Å². The second-order valence-corrected chi connectivity index (χ2v) is 7.34. The van der Waals surface area contributed by atoms with Gasteiger partial charge < -0.3 is 5.73 Å². The fourth-order valence-corrected chi connectivity index (χ4v) is 3.96. The molecule has 0 spiro atoms. The maximum atomic E-state index is 12.6. The van der Waals surface area contributed by atoms with Gasteiger partial charge in [0.1, 0.15) is 10.5 Å². The summed E-state index contributed by atoms with van der Waals surface area (Å²) in [5, 5.41) is 0.0197. The molecule has 2 heterocycles. The number of fused-ring (bicyclic) bond motifs is 1. The van der Waals surface area contributed by atoms with Gasteiger partial charge in [-0.3, -0.25) is 14.3 Å². The number of H-pyrrole nitrogens is 1. The predicted octanol–water partition coefficient (Wildman–Crippen LogP) is -0.161. The Bertz CT molecular complexity index is 971. The lowest BCUT2D eigenvalue weighted by Crippen LogP contribution is -2.52. The summed E-state index contributed by atoms with van der Waals surface area (Å²) in [5.41, 5.74) is 3.78.